The highest BCUT2D eigenvalue weighted by molar-refractivity contribution is 9.10. The van der Waals surface area contributed by atoms with Gasteiger partial charge in [-0.25, -0.2) is 0 Å². The van der Waals surface area contributed by atoms with Gasteiger partial charge in [0.05, 0.1) is 24.8 Å². The number of benzene rings is 1. The predicted molar refractivity (Wildman–Crippen MR) is 76.6 cm³/mol. The fraction of sp³-hybridized carbons (Fsp3) is 0.462. The smallest absolute Gasteiger partial charge is 0.226 e. The van der Waals surface area contributed by atoms with Crippen molar-refractivity contribution < 1.29 is 14.3 Å². The Morgan fingerprint density at radius 2 is 2.47 bits per heavy atom. The van der Waals surface area contributed by atoms with Gasteiger partial charge in [-0.05, 0) is 34.1 Å². The summed E-state index contributed by atoms with van der Waals surface area (Å²) in [5, 5.41) is 6.11. The number of hydrogen-bond donors (Lipinski definition) is 2. The molecule has 0 radical (unpaired) electrons. The average Bonchev–Trinajstić information content (AvgIpc) is 2.40. The van der Waals surface area contributed by atoms with Crippen molar-refractivity contribution in [2.75, 3.05) is 32.2 Å². The Balaban J connectivity index is 1.89. The summed E-state index contributed by atoms with van der Waals surface area (Å²) in [6.45, 7) is 2.09. The van der Waals surface area contributed by atoms with Gasteiger partial charge in [-0.2, -0.15) is 0 Å². The Kier molecular flexibility index (Phi) is 5.18. The Bertz CT molecular complexity index is 448. The summed E-state index contributed by atoms with van der Waals surface area (Å²) in [6.07, 6.45) is 0.406. The number of anilines is 1. The molecule has 0 bridgehead atoms. The molecule has 0 aromatic heterocycles. The van der Waals surface area contributed by atoms with Crippen LogP contribution in [0, 0.1) is 0 Å². The van der Waals surface area contributed by atoms with Crippen molar-refractivity contribution in [1.29, 1.82) is 0 Å². The van der Waals surface area contributed by atoms with Gasteiger partial charge in [0.1, 0.15) is 5.75 Å². The zero-order valence-electron chi connectivity index (χ0n) is 10.7. The van der Waals surface area contributed by atoms with E-state index in [-0.39, 0.29) is 11.9 Å². The van der Waals surface area contributed by atoms with Gasteiger partial charge in [-0.3, -0.25) is 4.79 Å². The van der Waals surface area contributed by atoms with Gasteiger partial charge in [-0.15, -0.1) is 0 Å². The van der Waals surface area contributed by atoms with Crippen LogP contribution < -0.4 is 15.4 Å². The van der Waals surface area contributed by atoms with Crippen molar-refractivity contribution in [3.63, 3.8) is 0 Å². The molecule has 6 heteroatoms. The van der Waals surface area contributed by atoms with Crippen LogP contribution in [0.4, 0.5) is 5.69 Å². The zero-order valence-corrected chi connectivity index (χ0v) is 12.3. The number of morpholine rings is 1. The highest BCUT2D eigenvalue weighted by Gasteiger charge is 2.17. The number of hydrogen-bond acceptors (Lipinski definition) is 4. The number of methoxy groups -OCH3 is 1. The Labute approximate surface area is 120 Å². The Hall–Kier alpha value is -1.11. The number of halogens is 1. The first kappa shape index (κ1) is 14.3. The number of carbonyl (C=O) groups is 1. The van der Waals surface area contributed by atoms with Crippen LogP contribution in [0.5, 0.6) is 5.75 Å². The van der Waals surface area contributed by atoms with Crippen LogP contribution in [0.15, 0.2) is 22.7 Å². The molecule has 1 saturated heterocycles. The SMILES string of the molecule is COc1ccc(NC(=O)CC2COCCN2)cc1Br. The molecule has 0 spiro atoms. The topological polar surface area (TPSA) is 59.6 Å². The van der Waals surface area contributed by atoms with Gasteiger partial charge in [0.2, 0.25) is 5.91 Å². The minimum atomic E-state index is -0.0277. The molecule has 2 N–H and O–H groups in total. The second-order valence-corrected chi connectivity index (χ2v) is 5.18. The first-order valence-corrected chi connectivity index (χ1v) is 6.93. The molecule has 0 aliphatic carbocycles. The average molecular weight is 329 g/mol. The van der Waals surface area contributed by atoms with E-state index in [1.165, 1.54) is 0 Å². The molecule has 1 amide bonds. The second-order valence-electron chi connectivity index (χ2n) is 4.33. The molecule has 1 atom stereocenters. The maximum absolute atomic E-state index is 11.9. The maximum Gasteiger partial charge on any atom is 0.226 e. The van der Waals surface area contributed by atoms with Crippen molar-refractivity contribution in [3.05, 3.63) is 22.7 Å². The maximum atomic E-state index is 11.9. The van der Waals surface area contributed by atoms with E-state index in [0.717, 1.165) is 22.5 Å². The summed E-state index contributed by atoms with van der Waals surface area (Å²) in [4.78, 5) is 11.9. The molecule has 1 unspecified atom stereocenters. The Morgan fingerprint density at radius 1 is 1.63 bits per heavy atom. The minimum absolute atomic E-state index is 0.0277. The van der Waals surface area contributed by atoms with Crippen molar-refractivity contribution in [2.45, 2.75) is 12.5 Å². The second kappa shape index (κ2) is 6.88. The lowest BCUT2D eigenvalue weighted by molar-refractivity contribution is -0.117. The predicted octanol–water partition coefficient (Wildman–Crippen LogP) is 1.77. The van der Waals surface area contributed by atoms with Gasteiger partial charge >= 0.3 is 0 Å². The van der Waals surface area contributed by atoms with Crippen molar-refractivity contribution in [2.24, 2.45) is 0 Å². The summed E-state index contributed by atoms with van der Waals surface area (Å²) < 4.78 is 11.3. The van der Waals surface area contributed by atoms with Crippen molar-refractivity contribution >= 4 is 27.5 Å². The van der Waals surface area contributed by atoms with Gasteiger partial charge < -0.3 is 20.1 Å². The van der Waals surface area contributed by atoms with Gasteiger partial charge in [0.15, 0.2) is 0 Å². The van der Waals surface area contributed by atoms with Crippen LogP contribution in [0.1, 0.15) is 6.42 Å². The molecule has 19 heavy (non-hydrogen) atoms. The van der Waals surface area contributed by atoms with E-state index in [1.807, 2.05) is 18.2 Å². The van der Waals surface area contributed by atoms with Crippen LogP contribution >= 0.6 is 15.9 Å². The first-order chi connectivity index (χ1) is 9.19. The van der Waals surface area contributed by atoms with E-state index < -0.39 is 0 Å². The number of carbonyl (C=O) groups excluding carboxylic acids is 1. The molecule has 1 aliphatic heterocycles. The van der Waals surface area contributed by atoms with E-state index in [1.54, 1.807) is 7.11 Å². The van der Waals surface area contributed by atoms with E-state index >= 15 is 0 Å². The van der Waals surface area contributed by atoms with Crippen molar-refractivity contribution in [1.82, 2.24) is 5.32 Å². The monoisotopic (exact) mass is 328 g/mol. The molecule has 1 aromatic rings. The van der Waals surface area contributed by atoms with Gasteiger partial charge in [0, 0.05) is 24.7 Å². The summed E-state index contributed by atoms with van der Waals surface area (Å²) in [5.74, 6) is 0.709. The molecule has 1 heterocycles. The largest absolute Gasteiger partial charge is 0.496 e. The van der Waals surface area contributed by atoms with Crippen LogP contribution in [0.3, 0.4) is 0 Å². The van der Waals surface area contributed by atoms with E-state index in [0.29, 0.717) is 19.6 Å². The third-order valence-corrected chi connectivity index (χ3v) is 3.49. The quantitative estimate of drug-likeness (QED) is 0.884. The normalized spacial score (nSPS) is 18.9. The van der Waals surface area contributed by atoms with Gasteiger partial charge in [-0.1, -0.05) is 0 Å². The van der Waals surface area contributed by atoms with Crippen LogP contribution in [-0.2, 0) is 9.53 Å². The van der Waals surface area contributed by atoms with Gasteiger partial charge in [0.25, 0.3) is 0 Å². The fourth-order valence-electron chi connectivity index (χ4n) is 1.93. The van der Waals surface area contributed by atoms with Crippen LogP contribution in [0.25, 0.3) is 0 Å². The Morgan fingerprint density at radius 3 is 3.11 bits per heavy atom. The van der Waals surface area contributed by atoms with E-state index in [2.05, 4.69) is 26.6 Å². The molecule has 1 aromatic carbocycles. The number of nitrogens with one attached hydrogen (secondary N) is 2. The summed E-state index contributed by atoms with van der Waals surface area (Å²) in [7, 11) is 1.60. The summed E-state index contributed by atoms with van der Waals surface area (Å²) in [5.41, 5.74) is 0.745. The lowest BCUT2D eigenvalue weighted by Crippen LogP contribution is -2.43. The van der Waals surface area contributed by atoms with E-state index in [4.69, 9.17) is 9.47 Å². The highest BCUT2D eigenvalue weighted by atomic mass is 79.9. The fourth-order valence-corrected chi connectivity index (χ4v) is 2.47. The first-order valence-electron chi connectivity index (χ1n) is 6.13. The molecule has 1 fully saturated rings. The van der Waals surface area contributed by atoms with Crippen LogP contribution in [0.2, 0.25) is 0 Å². The third-order valence-electron chi connectivity index (χ3n) is 2.87. The van der Waals surface area contributed by atoms with Crippen molar-refractivity contribution in [3.8, 4) is 5.75 Å². The third kappa shape index (κ3) is 4.19. The number of ether oxygens (including phenoxy) is 2. The standard InChI is InChI=1S/C13H17BrN2O3/c1-18-12-3-2-9(6-11(12)14)16-13(17)7-10-8-19-5-4-15-10/h2-3,6,10,15H,4-5,7-8H2,1H3,(H,16,17). The lowest BCUT2D eigenvalue weighted by atomic mass is 10.2. The lowest BCUT2D eigenvalue weighted by Gasteiger charge is -2.23. The molecule has 104 valence electrons. The van der Waals surface area contributed by atoms with E-state index in [9.17, 15) is 4.79 Å². The highest BCUT2D eigenvalue weighted by Crippen LogP contribution is 2.27. The minimum Gasteiger partial charge on any atom is -0.496 e. The molecule has 0 saturated carbocycles. The number of rotatable bonds is 4. The molecular formula is C13H17BrN2O3. The molecule has 2 rings (SSSR count). The summed E-state index contributed by atoms with van der Waals surface area (Å²) >= 11 is 3.39. The van der Waals surface area contributed by atoms with Crippen LogP contribution in [-0.4, -0.2) is 38.8 Å². The molecule has 5 nitrogen and oxygen atoms in total. The molecular weight excluding hydrogens is 312 g/mol. The number of amides is 1. The summed E-state index contributed by atoms with van der Waals surface area (Å²) in [6, 6.07) is 5.53. The zero-order chi connectivity index (χ0) is 13.7. The molecule has 1 aliphatic rings.